The Kier molecular flexibility index (Phi) is 7.74. The second kappa shape index (κ2) is 10.4. The highest BCUT2D eigenvalue weighted by Gasteiger charge is 2.38. The number of alkyl halides is 3. The molecule has 0 aliphatic carbocycles. The van der Waals surface area contributed by atoms with Crippen molar-refractivity contribution in [3.8, 4) is 17.3 Å². The minimum Gasteiger partial charge on any atom is -0.282 e. The molecule has 0 amide bonds. The first kappa shape index (κ1) is 25.4. The van der Waals surface area contributed by atoms with Gasteiger partial charge in [0.25, 0.3) is 0 Å². The minimum atomic E-state index is -4.91. The van der Waals surface area contributed by atoms with Gasteiger partial charge in [-0.15, -0.1) is 0 Å². The van der Waals surface area contributed by atoms with Gasteiger partial charge >= 0.3 is 6.18 Å². The summed E-state index contributed by atoms with van der Waals surface area (Å²) in [6, 6.07) is 11.9. The molecule has 34 heavy (non-hydrogen) atoms. The number of aryl methyl sites for hydroxylation is 1. The van der Waals surface area contributed by atoms with Crippen LogP contribution in [0, 0.1) is 17.1 Å². The summed E-state index contributed by atoms with van der Waals surface area (Å²) in [5.41, 5.74) is 0.478. The van der Waals surface area contributed by atoms with Gasteiger partial charge in [0.2, 0.25) is 10.0 Å². The van der Waals surface area contributed by atoms with E-state index in [1.165, 1.54) is 19.2 Å². The van der Waals surface area contributed by atoms with Crippen LogP contribution in [0.15, 0.2) is 53.4 Å². The van der Waals surface area contributed by atoms with Crippen LogP contribution < -0.4 is 0 Å². The highest BCUT2D eigenvalue weighted by molar-refractivity contribution is 7.89. The van der Waals surface area contributed by atoms with Crippen LogP contribution in [0.4, 0.5) is 17.6 Å². The number of nitrogens with zero attached hydrogens (tertiary/aromatic N) is 3. The van der Waals surface area contributed by atoms with E-state index in [-0.39, 0.29) is 17.9 Å². The van der Waals surface area contributed by atoms with Crippen LogP contribution in [0.25, 0.3) is 11.3 Å². The van der Waals surface area contributed by atoms with Crippen molar-refractivity contribution in [1.29, 1.82) is 5.26 Å². The van der Waals surface area contributed by atoms with Crippen LogP contribution >= 0.6 is 0 Å². The van der Waals surface area contributed by atoms with Crippen molar-refractivity contribution >= 4 is 10.0 Å². The highest BCUT2D eigenvalue weighted by Crippen LogP contribution is 2.35. The standard InChI is InChI=1S/C23H22F4N4O2S/c1-31(34(32,33)22-10-9-16(15-28)12-20(22)23(25,26)27)11-4-2-3-8-19-14-21(30-29-19)17-6-5-7-18(24)13-17/h5-7,9-10,12-14H,2-4,8,11H2,1H3,(H,29,30). The number of aromatic nitrogens is 2. The van der Waals surface area contributed by atoms with Gasteiger partial charge in [-0.05, 0) is 55.7 Å². The van der Waals surface area contributed by atoms with Crippen molar-refractivity contribution in [2.24, 2.45) is 0 Å². The summed E-state index contributed by atoms with van der Waals surface area (Å²) >= 11 is 0. The summed E-state index contributed by atoms with van der Waals surface area (Å²) in [6.45, 7) is 0.0388. The lowest BCUT2D eigenvalue weighted by Gasteiger charge is -2.20. The number of H-pyrrole nitrogens is 1. The topological polar surface area (TPSA) is 89.8 Å². The van der Waals surface area contributed by atoms with Gasteiger partial charge in [-0.3, -0.25) is 5.10 Å². The normalized spacial score (nSPS) is 12.1. The summed E-state index contributed by atoms with van der Waals surface area (Å²) in [4.78, 5) is -0.871. The van der Waals surface area contributed by atoms with Crippen LogP contribution in [0.2, 0.25) is 0 Å². The van der Waals surface area contributed by atoms with Gasteiger partial charge in [0.1, 0.15) is 5.82 Å². The molecular formula is C23H22F4N4O2S. The maximum Gasteiger partial charge on any atom is 0.417 e. The van der Waals surface area contributed by atoms with Gasteiger partial charge < -0.3 is 0 Å². The molecule has 0 saturated carbocycles. The third-order valence-electron chi connectivity index (χ3n) is 5.27. The fourth-order valence-corrected chi connectivity index (χ4v) is 4.84. The zero-order chi connectivity index (χ0) is 24.9. The minimum absolute atomic E-state index is 0.0388. The first-order valence-electron chi connectivity index (χ1n) is 10.4. The Morgan fingerprint density at radius 1 is 1.09 bits per heavy atom. The van der Waals surface area contributed by atoms with Gasteiger partial charge in [0.05, 0.1) is 27.8 Å². The van der Waals surface area contributed by atoms with Crippen LogP contribution in [-0.4, -0.2) is 36.5 Å². The smallest absolute Gasteiger partial charge is 0.282 e. The molecular weight excluding hydrogens is 472 g/mol. The number of unbranched alkanes of at least 4 members (excludes halogenated alkanes) is 2. The van der Waals surface area contributed by atoms with E-state index in [0.717, 1.165) is 22.1 Å². The van der Waals surface area contributed by atoms with Crippen LogP contribution in [0.1, 0.15) is 36.1 Å². The van der Waals surface area contributed by atoms with Crippen LogP contribution in [0.5, 0.6) is 0 Å². The van der Waals surface area contributed by atoms with Gasteiger partial charge in [-0.25, -0.2) is 17.1 Å². The van der Waals surface area contributed by atoms with E-state index < -0.39 is 26.7 Å². The Balaban J connectivity index is 1.56. The lowest BCUT2D eigenvalue weighted by Crippen LogP contribution is -2.30. The Morgan fingerprint density at radius 3 is 2.53 bits per heavy atom. The molecule has 0 spiro atoms. The average Bonchev–Trinajstić information content (AvgIpc) is 3.26. The molecule has 6 nitrogen and oxygen atoms in total. The molecule has 0 bridgehead atoms. The van der Waals surface area contributed by atoms with Crippen molar-refractivity contribution < 1.29 is 26.0 Å². The molecule has 0 saturated heterocycles. The maximum atomic E-state index is 13.4. The zero-order valence-electron chi connectivity index (χ0n) is 18.2. The molecule has 0 atom stereocenters. The second-order valence-electron chi connectivity index (χ2n) is 7.75. The molecule has 0 fully saturated rings. The number of benzene rings is 2. The Bertz CT molecular complexity index is 1300. The monoisotopic (exact) mass is 494 g/mol. The predicted molar refractivity (Wildman–Crippen MR) is 118 cm³/mol. The van der Waals surface area contributed by atoms with E-state index in [1.807, 2.05) is 6.07 Å². The Hall–Kier alpha value is -3.23. The van der Waals surface area contributed by atoms with E-state index in [2.05, 4.69) is 10.2 Å². The zero-order valence-corrected chi connectivity index (χ0v) is 19.0. The SMILES string of the molecule is CN(CCCCCc1cc(-c2cccc(F)c2)n[nH]1)S(=O)(=O)c1ccc(C#N)cc1C(F)(F)F. The van der Waals surface area contributed by atoms with Crippen LogP contribution in [0.3, 0.4) is 0 Å². The van der Waals surface area contributed by atoms with Gasteiger partial charge in [-0.2, -0.15) is 23.5 Å². The molecule has 180 valence electrons. The number of hydrogen-bond acceptors (Lipinski definition) is 4. The van der Waals surface area contributed by atoms with Crippen molar-refractivity contribution in [3.63, 3.8) is 0 Å². The molecule has 3 rings (SSSR count). The third-order valence-corrected chi connectivity index (χ3v) is 7.19. The lowest BCUT2D eigenvalue weighted by molar-refractivity contribution is -0.139. The first-order chi connectivity index (χ1) is 16.0. The Morgan fingerprint density at radius 2 is 1.85 bits per heavy atom. The summed E-state index contributed by atoms with van der Waals surface area (Å²) in [6.07, 6.45) is -2.51. The van der Waals surface area contributed by atoms with E-state index in [4.69, 9.17) is 5.26 Å². The highest BCUT2D eigenvalue weighted by atomic mass is 32.2. The number of rotatable bonds is 9. The quantitative estimate of drug-likeness (QED) is 0.330. The Labute approximate surface area is 194 Å². The number of aromatic amines is 1. The van der Waals surface area contributed by atoms with Crippen molar-refractivity contribution in [2.75, 3.05) is 13.6 Å². The number of nitrogens with one attached hydrogen (secondary N) is 1. The number of halogens is 4. The van der Waals surface area contributed by atoms with Crippen molar-refractivity contribution in [2.45, 2.75) is 36.8 Å². The largest absolute Gasteiger partial charge is 0.417 e. The van der Waals surface area contributed by atoms with Gasteiger partial charge in [0, 0.05) is 24.8 Å². The van der Waals surface area contributed by atoms with Gasteiger partial charge in [-0.1, -0.05) is 18.6 Å². The summed E-state index contributed by atoms with van der Waals surface area (Å²) < 4.78 is 79.9. The van der Waals surface area contributed by atoms with Crippen molar-refractivity contribution in [3.05, 3.63) is 71.2 Å². The average molecular weight is 495 g/mol. The molecule has 1 aromatic heterocycles. The summed E-state index contributed by atoms with van der Waals surface area (Å²) in [5, 5.41) is 15.9. The van der Waals surface area contributed by atoms with Crippen molar-refractivity contribution in [1.82, 2.24) is 14.5 Å². The lowest BCUT2D eigenvalue weighted by atomic mass is 10.1. The van der Waals surface area contributed by atoms with E-state index in [9.17, 15) is 26.0 Å². The summed E-state index contributed by atoms with van der Waals surface area (Å²) in [5.74, 6) is -0.357. The molecule has 2 aromatic carbocycles. The number of nitriles is 1. The third kappa shape index (κ3) is 6.01. The molecule has 0 unspecified atom stereocenters. The number of hydrogen-bond donors (Lipinski definition) is 1. The fourth-order valence-electron chi connectivity index (χ4n) is 3.45. The number of sulfonamides is 1. The first-order valence-corrected chi connectivity index (χ1v) is 11.8. The molecule has 3 aromatic rings. The fraction of sp³-hybridized carbons (Fsp3) is 0.304. The molecule has 1 N–H and O–H groups in total. The van der Waals surface area contributed by atoms with Crippen LogP contribution in [-0.2, 0) is 22.6 Å². The molecule has 1 heterocycles. The maximum absolute atomic E-state index is 13.4. The van der Waals surface area contributed by atoms with Gasteiger partial charge in [0.15, 0.2) is 0 Å². The molecule has 11 heteroatoms. The predicted octanol–water partition coefficient (Wildman–Crippen LogP) is 5.14. The second-order valence-corrected chi connectivity index (χ2v) is 9.76. The summed E-state index contributed by atoms with van der Waals surface area (Å²) in [7, 11) is -3.16. The molecule has 0 aliphatic heterocycles. The molecule has 0 radical (unpaired) electrons. The van der Waals surface area contributed by atoms with E-state index in [1.54, 1.807) is 18.2 Å². The molecule has 0 aliphatic rings. The van der Waals surface area contributed by atoms with E-state index in [0.29, 0.717) is 43.0 Å². The van der Waals surface area contributed by atoms with E-state index >= 15 is 0 Å².